The summed E-state index contributed by atoms with van der Waals surface area (Å²) in [5.41, 5.74) is 2.03. The van der Waals surface area contributed by atoms with E-state index in [1.54, 1.807) is 23.2 Å². The van der Waals surface area contributed by atoms with E-state index < -0.39 is 10.0 Å². The topological polar surface area (TPSA) is 130 Å². The molecule has 12 heteroatoms. The molecule has 0 radical (unpaired) electrons. The minimum Gasteiger partial charge on any atom is -0.488 e. The van der Waals surface area contributed by atoms with Gasteiger partial charge < -0.3 is 10.1 Å². The third-order valence-electron chi connectivity index (χ3n) is 4.82. The van der Waals surface area contributed by atoms with Gasteiger partial charge in [-0.15, -0.1) is 5.10 Å². The largest absolute Gasteiger partial charge is 0.488 e. The van der Waals surface area contributed by atoms with Gasteiger partial charge in [0.1, 0.15) is 12.0 Å². The maximum Gasteiger partial charge on any atom is 0.243 e. The van der Waals surface area contributed by atoms with Gasteiger partial charge in [0.25, 0.3) is 0 Å². The van der Waals surface area contributed by atoms with Crippen LogP contribution in [0.15, 0.2) is 18.7 Å². The van der Waals surface area contributed by atoms with E-state index in [1.165, 1.54) is 10.6 Å². The number of nitrogens with zero attached hydrogens (tertiary/aromatic N) is 6. The quantitative estimate of drug-likeness (QED) is 0.582. The molecule has 0 amide bonds. The molecule has 1 fully saturated rings. The minimum absolute atomic E-state index is 0.103. The van der Waals surface area contributed by atoms with Gasteiger partial charge in [0.15, 0.2) is 5.75 Å². The predicted octanol–water partition coefficient (Wildman–Crippen LogP) is 1.14. The predicted molar refractivity (Wildman–Crippen MR) is 107 cm³/mol. The van der Waals surface area contributed by atoms with Crippen LogP contribution in [0, 0.1) is 0 Å². The Bertz CT molecular complexity index is 1070. The van der Waals surface area contributed by atoms with Crippen molar-refractivity contribution in [3.63, 3.8) is 0 Å². The van der Waals surface area contributed by atoms with Gasteiger partial charge in [-0.2, -0.15) is 14.6 Å². The van der Waals surface area contributed by atoms with Crippen molar-refractivity contribution in [1.82, 2.24) is 34.1 Å². The lowest BCUT2D eigenvalue weighted by Crippen LogP contribution is -2.41. The molecule has 0 saturated carbocycles. The second kappa shape index (κ2) is 7.95. The van der Waals surface area contributed by atoms with Crippen LogP contribution in [0.4, 0.5) is 5.95 Å². The molecule has 0 spiro atoms. The number of nitrogens with one attached hydrogen (secondary N) is 2. The van der Waals surface area contributed by atoms with Crippen LogP contribution in [-0.2, 0) is 10.0 Å². The Morgan fingerprint density at radius 3 is 2.79 bits per heavy atom. The molecule has 0 bridgehead atoms. The summed E-state index contributed by atoms with van der Waals surface area (Å²) in [6, 6.07) is 0.103. The number of hydrogen-bond donors (Lipinski definition) is 2. The summed E-state index contributed by atoms with van der Waals surface area (Å²) in [6.45, 7) is 3.54. The molecule has 0 atom stereocenters. The Morgan fingerprint density at radius 1 is 1.34 bits per heavy atom. The van der Waals surface area contributed by atoms with E-state index in [0.29, 0.717) is 55.6 Å². The fraction of sp³-hybridized carbons (Fsp3) is 0.529. The first-order valence-electron chi connectivity index (χ1n) is 9.54. The van der Waals surface area contributed by atoms with Crippen molar-refractivity contribution in [3.05, 3.63) is 18.7 Å². The number of anilines is 1. The molecule has 2 N–H and O–H groups in total. The van der Waals surface area contributed by atoms with E-state index in [4.69, 9.17) is 4.74 Å². The number of H-pyrrole nitrogens is 1. The van der Waals surface area contributed by atoms with Crippen LogP contribution in [0.3, 0.4) is 0 Å². The van der Waals surface area contributed by atoms with Gasteiger partial charge in [-0.25, -0.2) is 17.7 Å². The lowest BCUT2D eigenvalue weighted by Gasteiger charge is -2.30. The highest BCUT2D eigenvalue weighted by Gasteiger charge is 2.26. The molecule has 3 aromatic rings. The molecule has 3 aromatic heterocycles. The van der Waals surface area contributed by atoms with Crippen molar-refractivity contribution in [2.75, 3.05) is 31.3 Å². The lowest BCUT2D eigenvalue weighted by molar-refractivity contribution is 0.319. The average molecular weight is 420 g/mol. The fourth-order valence-electron chi connectivity index (χ4n) is 3.33. The summed E-state index contributed by atoms with van der Waals surface area (Å²) in [7, 11) is -3.15. The molecule has 0 aliphatic carbocycles. The number of sulfonamides is 1. The van der Waals surface area contributed by atoms with Gasteiger partial charge in [-0.3, -0.25) is 5.10 Å². The van der Waals surface area contributed by atoms with E-state index in [9.17, 15) is 8.42 Å². The Morgan fingerprint density at radius 2 is 2.14 bits per heavy atom. The normalized spacial score (nSPS) is 16.3. The zero-order valence-electron chi connectivity index (χ0n) is 16.4. The van der Waals surface area contributed by atoms with E-state index in [2.05, 4.69) is 30.6 Å². The number of rotatable bonds is 7. The number of hydrogen-bond acceptors (Lipinski definition) is 8. The average Bonchev–Trinajstić information content (AvgIpc) is 3.35. The highest BCUT2D eigenvalue weighted by atomic mass is 32.2. The number of ether oxygens (including phenoxy) is 1. The van der Waals surface area contributed by atoms with E-state index in [0.717, 1.165) is 12.0 Å². The van der Waals surface area contributed by atoms with Crippen molar-refractivity contribution in [1.29, 1.82) is 0 Å². The summed E-state index contributed by atoms with van der Waals surface area (Å²) in [5.74, 6) is 1.03. The minimum atomic E-state index is -3.15. The van der Waals surface area contributed by atoms with Crippen LogP contribution in [0.2, 0.25) is 0 Å². The molecule has 1 saturated heterocycles. The molecule has 1 aliphatic heterocycles. The Kier molecular flexibility index (Phi) is 5.37. The van der Waals surface area contributed by atoms with Crippen LogP contribution in [0.1, 0.15) is 26.2 Å². The van der Waals surface area contributed by atoms with Gasteiger partial charge in [0.2, 0.25) is 21.6 Å². The van der Waals surface area contributed by atoms with Crippen molar-refractivity contribution >= 4 is 21.6 Å². The monoisotopic (exact) mass is 420 g/mol. The smallest absolute Gasteiger partial charge is 0.243 e. The van der Waals surface area contributed by atoms with Crippen LogP contribution in [0.25, 0.3) is 16.9 Å². The zero-order chi connectivity index (χ0) is 20.4. The first-order chi connectivity index (χ1) is 14.0. The van der Waals surface area contributed by atoms with E-state index in [-0.39, 0.29) is 6.04 Å². The van der Waals surface area contributed by atoms with E-state index >= 15 is 0 Å². The molecule has 11 nitrogen and oxygen atoms in total. The molecule has 4 heterocycles. The molecule has 0 aromatic carbocycles. The third-order valence-corrected chi connectivity index (χ3v) is 6.13. The molecule has 4 rings (SSSR count). The molecule has 156 valence electrons. The molecule has 29 heavy (non-hydrogen) atoms. The summed E-state index contributed by atoms with van der Waals surface area (Å²) < 4.78 is 32.4. The maximum absolute atomic E-state index is 11.7. The van der Waals surface area contributed by atoms with Gasteiger partial charge >= 0.3 is 0 Å². The van der Waals surface area contributed by atoms with Crippen LogP contribution >= 0.6 is 0 Å². The summed E-state index contributed by atoms with van der Waals surface area (Å²) >= 11 is 0. The van der Waals surface area contributed by atoms with Gasteiger partial charge in [-0.1, -0.05) is 6.92 Å². The zero-order valence-corrected chi connectivity index (χ0v) is 17.2. The highest BCUT2D eigenvalue weighted by Crippen LogP contribution is 2.31. The van der Waals surface area contributed by atoms with Gasteiger partial charge in [0, 0.05) is 30.9 Å². The Labute approximate surface area is 168 Å². The Hall–Kier alpha value is -2.73. The first kappa shape index (κ1) is 19.6. The van der Waals surface area contributed by atoms with Crippen molar-refractivity contribution < 1.29 is 13.2 Å². The van der Waals surface area contributed by atoms with Gasteiger partial charge in [-0.05, 0) is 19.3 Å². The third kappa shape index (κ3) is 4.17. The van der Waals surface area contributed by atoms with Crippen LogP contribution < -0.4 is 10.1 Å². The Balaban J connectivity index is 1.57. The number of piperidine rings is 1. The maximum atomic E-state index is 11.7. The summed E-state index contributed by atoms with van der Waals surface area (Å²) in [5, 5.41) is 14.5. The highest BCUT2D eigenvalue weighted by molar-refractivity contribution is 7.88. The second-order valence-electron chi connectivity index (χ2n) is 7.04. The number of aromatic nitrogens is 6. The molecule has 1 aliphatic rings. The fourth-order valence-corrected chi connectivity index (χ4v) is 4.21. The van der Waals surface area contributed by atoms with Crippen molar-refractivity contribution in [2.24, 2.45) is 0 Å². The van der Waals surface area contributed by atoms with Crippen molar-refractivity contribution in [3.8, 4) is 17.0 Å². The van der Waals surface area contributed by atoms with Crippen LogP contribution in [-0.4, -0.2) is 74.5 Å². The summed E-state index contributed by atoms with van der Waals surface area (Å²) in [6.07, 6.45) is 8.52. The first-order valence-corrected chi connectivity index (χ1v) is 11.4. The van der Waals surface area contributed by atoms with Crippen molar-refractivity contribution in [2.45, 2.75) is 32.2 Å². The molecular weight excluding hydrogens is 396 g/mol. The standard InChI is InChI=1S/C17H24N8O3S/c1-3-8-28-15-14(12-9-19-20-10-12)18-11-25-16(15)22-17(23-25)21-13-4-6-24(7-5-13)29(2,26)27/h9-11,13H,3-8H2,1-2H3,(H,19,20)(H,21,23). The SMILES string of the molecule is CCCOc1c(-c2cn[nH]c2)ncn2nc(NC3CCN(S(C)(=O)=O)CC3)nc12. The number of fused-ring (bicyclic) bond motifs is 1. The molecule has 0 unspecified atom stereocenters. The van der Waals surface area contributed by atoms with Gasteiger partial charge in [0.05, 0.1) is 19.1 Å². The molecular formula is C17H24N8O3S. The summed E-state index contributed by atoms with van der Waals surface area (Å²) in [4.78, 5) is 9.08. The lowest BCUT2D eigenvalue weighted by atomic mass is 10.1. The van der Waals surface area contributed by atoms with Crippen LogP contribution in [0.5, 0.6) is 5.75 Å². The number of aromatic amines is 1. The van der Waals surface area contributed by atoms with E-state index in [1.807, 2.05) is 6.92 Å². The second-order valence-corrected chi connectivity index (χ2v) is 9.02.